The molecule has 192 valence electrons. The number of aromatic nitrogens is 2. The quantitative estimate of drug-likeness (QED) is 0.412. The monoisotopic (exact) mass is 512 g/mol. The fourth-order valence-electron chi connectivity index (χ4n) is 2.82. The Morgan fingerprint density at radius 2 is 1.54 bits per heavy atom. The maximum absolute atomic E-state index is 10.5. The molecule has 1 fully saturated rings. The molecule has 1 aromatic carbocycles. The third-order valence-electron chi connectivity index (χ3n) is 4.46. The van der Waals surface area contributed by atoms with Crippen LogP contribution in [0.1, 0.15) is 5.82 Å². The van der Waals surface area contributed by atoms with E-state index in [4.69, 9.17) is 24.3 Å². The van der Waals surface area contributed by atoms with E-state index < -0.39 is 24.3 Å². The zero-order chi connectivity index (χ0) is 26.4. The largest absolute Gasteiger partial charge is 0.542 e. The van der Waals surface area contributed by atoms with Crippen LogP contribution in [0.5, 0.6) is 0 Å². The lowest BCUT2D eigenvalue weighted by atomic mass is 10.3. The van der Waals surface area contributed by atoms with Crippen LogP contribution in [0.2, 0.25) is 0 Å². The topological polar surface area (TPSA) is 156 Å². The molecule has 1 unspecified atom stereocenters. The molecule has 0 saturated carbocycles. The molecule has 35 heavy (non-hydrogen) atoms. The van der Waals surface area contributed by atoms with Crippen molar-refractivity contribution in [3.8, 4) is 0 Å². The van der Waals surface area contributed by atoms with Gasteiger partial charge in [-0.25, -0.2) is 0 Å². The fourth-order valence-corrected chi connectivity index (χ4v) is 2.82. The van der Waals surface area contributed by atoms with Gasteiger partial charge in [-0.3, -0.25) is 4.90 Å². The highest BCUT2D eigenvalue weighted by atomic mass is 19.4. The first-order valence-electron chi connectivity index (χ1n) is 9.71. The van der Waals surface area contributed by atoms with Gasteiger partial charge in [0.25, 0.3) is 11.7 Å². The predicted molar refractivity (Wildman–Crippen MR) is 99.5 cm³/mol. The van der Waals surface area contributed by atoms with E-state index in [0.29, 0.717) is 11.8 Å². The van der Waals surface area contributed by atoms with Crippen LogP contribution in [-0.4, -0.2) is 73.5 Å². The second-order valence-corrected chi connectivity index (χ2v) is 6.93. The molecule has 2 aliphatic heterocycles. The van der Waals surface area contributed by atoms with Gasteiger partial charge in [0.15, 0.2) is 5.69 Å². The summed E-state index contributed by atoms with van der Waals surface area (Å²) in [6, 6.07) is 8.69. The molecule has 3 heterocycles. The maximum atomic E-state index is 10.5. The second kappa shape index (κ2) is 11.1. The minimum Gasteiger partial charge on any atom is -0.542 e. The molecule has 0 aliphatic carbocycles. The number of hydrogen-bond acceptors (Lipinski definition) is 9. The number of fused-ring (bicyclic) bond motifs is 1. The van der Waals surface area contributed by atoms with Gasteiger partial charge in [0, 0.05) is 6.07 Å². The van der Waals surface area contributed by atoms with Crippen molar-refractivity contribution in [3.05, 3.63) is 30.1 Å². The third kappa shape index (κ3) is 7.64. The van der Waals surface area contributed by atoms with E-state index in [-0.39, 0.29) is 0 Å². The number of halogens is 6. The van der Waals surface area contributed by atoms with E-state index in [2.05, 4.69) is 38.5 Å². The van der Waals surface area contributed by atoms with Crippen molar-refractivity contribution in [2.75, 3.05) is 38.1 Å². The first kappa shape index (κ1) is 27.5. The number of alkyl halides is 6. The Bertz CT molecular complexity index is 1040. The number of para-hydroxylation sites is 2. The van der Waals surface area contributed by atoms with Crippen molar-refractivity contribution in [2.45, 2.75) is 12.4 Å². The number of carboxylic acid groups (broad SMARTS) is 2. The number of amidine groups is 1. The summed E-state index contributed by atoms with van der Waals surface area (Å²) in [5.74, 6) is -4.62. The Morgan fingerprint density at radius 3 is 2.03 bits per heavy atom. The number of quaternary nitrogens is 2. The van der Waals surface area contributed by atoms with E-state index >= 15 is 0 Å². The molecular formula is C18H18F6N6O5. The Hall–Kier alpha value is -3.73. The highest BCUT2D eigenvalue weighted by Gasteiger charge is 2.32. The van der Waals surface area contributed by atoms with Gasteiger partial charge in [0.2, 0.25) is 0 Å². The molecule has 3 N–H and O–H groups in total. The SMILES string of the molecule is C[NH+]1C(c2noc(N3CC[NH2+]CC3)n2)=Nc2ccccc21.O=C([O-])C(F)(F)F.O=C([O-])C(F)(F)F. The number of carbonyl (C=O) groups is 2. The lowest BCUT2D eigenvalue weighted by Gasteiger charge is -2.22. The standard InChI is InChI=1S/C14H16N6O.2C2HF3O2/c1-19-11-5-3-2-4-10(11)16-13(19)12-17-14(21-18-12)20-8-6-15-7-9-20;2*3-2(4,5)1(6)7/h2-5,15H,6-9H2,1H3;2*(H,6,7). The van der Waals surface area contributed by atoms with Crippen molar-refractivity contribution in [3.63, 3.8) is 0 Å². The summed E-state index contributed by atoms with van der Waals surface area (Å²) in [6.07, 6.45) is -10.4. The van der Waals surface area contributed by atoms with E-state index in [1.54, 1.807) is 0 Å². The van der Waals surface area contributed by atoms with Crippen LogP contribution in [0.25, 0.3) is 0 Å². The number of nitrogens with zero attached hydrogens (tertiary/aromatic N) is 4. The van der Waals surface area contributed by atoms with Gasteiger partial charge >= 0.3 is 18.4 Å². The van der Waals surface area contributed by atoms with Crippen LogP contribution >= 0.6 is 0 Å². The van der Waals surface area contributed by atoms with Gasteiger partial charge in [-0.1, -0.05) is 12.1 Å². The number of piperazine rings is 1. The Morgan fingerprint density at radius 1 is 1.03 bits per heavy atom. The number of nitrogens with two attached hydrogens (primary N) is 1. The summed E-state index contributed by atoms with van der Waals surface area (Å²) >= 11 is 0. The molecule has 11 nitrogen and oxygen atoms in total. The van der Waals surface area contributed by atoms with E-state index in [9.17, 15) is 26.3 Å². The molecule has 1 aromatic heterocycles. The fraction of sp³-hybridized carbons (Fsp3) is 0.389. The molecule has 0 amide bonds. The Labute approximate surface area is 192 Å². The summed E-state index contributed by atoms with van der Waals surface area (Å²) in [5, 5.41) is 24.0. The summed E-state index contributed by atoms with van der Waals surface area (Å²) in [4.78, 5) is 30.0. The smallest absolute Gasteiger partial charge is 0.430 e. The lowest BCUT2D eigenvalue weighted by molar-refractivity contribution is -0.701. The van der Waals surface area contributed by atoms with Gasteiger partial charge < -0.3 is 34.5 Å². The number of benzene rings is 1. The average Bonchev–Trinajstić information content (AvgIpc) is 3.39. The Kier molecular flexibility index (Phi) is 8.75. The predicted octanol–water partition coefficient (Wildman–Crippen LogP) is -2.71. The van der Waals surface area contributed by atoms with E-state index in [0.717, 1.165) is 48.3 Å². The highest BCUT2D eigenvalue weighted by molar-refractivity contribution is 5.96. The summed E-state index contributed by atoms with van der Waals surface area (Å²) in [5.41, 5.74) is 2.12. The zero-order valence-corrected chi connectivity index (χ0v) is 17.8. The van der Waals surface area contributed by atoms with Crippen LogP contribution in [0, 0.1) is 0 Å². The van der Waals surface area contributed by atoms with Crippen molar-refractivity contribution in [2.24, 2.45) is 4.99 Å². The lowest BCUT2D eigenvalue weighted by Crippen LogP contribution is -3.06. The molecule has 2 aromatic rings. The maximum Gasteiger partial charge on any atom is 0.430 e. The molecule has 4 rings (SSSR count). The van der Waals surface area contributed by atoms with E-state index in [1.807, 2.05) is 18.2 Å². The number of carbonyl (C=O) groups excluding carboxylic acids is 2. The van der Waals surface area contributed by atoms with E-state index in [1.165, 1.54) is 0 Å². The number of rotatable bonds is 2. The minimum absolute atomic E-state index is 0.577. The number of aliphatic carboxylic acids is 2. The molecule has 17 heteroatoms. The molecule has 0 bridgehead atoms. The van der Waals surface area contributed by atoms with Crippen LogP contribution < -0.4 is 25.3 Å². The molecule has 0 radical (unpaired) electrons. The number of hydrogen-bond donors (Lipinski definition) is 2. The summed E-state index contributed by atoms with van der Waals surface area (Å²) < 4.78 is 68.5. The number of aliphatic imine (C=N–C) groups is 1. The zero-order valence-electron chi connectivity index (χ0n) is 17.8. The first-order valence-corrected chi connectivity index (χ1v) is 9.71. The number of nitrogens with one attached hydrogen (secondary N) is 1. The van der Waals surface area contributed by atoms with Crippen molar-refractivity contribution in [1.29, 1.82) is 0 Å². The van der Waals surface area contributed by atoms with Crippen LogP contribution in [0.15, 0.2) is 33.8 Å². The van der Waals surface area contributed by atoms with Crippen LogP contribution in [-0.2, 0) is 9.59 Å². The normalized spacial score (nSPS) is 17.3. The highest BCUT2D eigenvalue weighted by Crippen LogP contribution is 2.25. The third-order valence-corrected chi connectivity index (χ3v) is 4.46. The molecule has 2 aliphatic rings. The van der Waals surface area contributed by atoms with Crippen LogP contribution in [0.3, 0.4) is 0 Å². The second-order valence-electron chi connectivity index (χ2n) is 6.93. The Balaban J connectivity index is 0.000000257. The van der Waals surface area contributed by atoms with Gasteiger partial charge in [0.05, 0.1) is 33.2 Å². The average molecular weight is 512 g/mol. The summed E-state index contributed by atoms with van der Waals surface area (Å²) in [6.45, 7) is 4.01. The van der Waals surface area contributed by atoms with Gasteiger partial charge in [-0.05, 0) is 11.2 Å². The van der Waals surface area contributed by atoms with Gasteiger partial charge in [0.1, 0.15) is 17.6 Å². The number of carboxylic acids is 2. The van der Waals surface area contributed by atoms with Crippen molar-refractivity contribution in [1.82, 2.24) is 10.1 Å². The number of anilines is 1. The molecule has 1 saturated heterocycles. The van der Waals surface area contributed by atoms with Crippen molar-refractivity contribution >= 4 is 35.2 Å². The molecule has 1 atom stereocenters. The van der Waals surface area contributed by atoms with Gasteiger partial charge in [-0.2, -0.15) is 36.3 Å². The van der Waals surface area contributed by atoms with Gasteiger partial charge in [-0.15, -0.1) is 0 Å². The molecular weight excluding hydrogens is 494 g/mol. The first-order chi connectivity index (χ1) is 16.2. The molecule has 0 spiro atoms. The van der Waals surface area contributed by atoms with Crippen molar-refractivity contribution < 1.29 is 60.9 Å². The summed E-state index contributed by atoms with van der Waals surface area (Å²) in [7, 11) is 2.05. The van der Waals surface area contributed by atoms with Crippen LogP contribution in [0.4, 0.5) is 43.7 Å². The minimum atomic E-state index is -5.19.